The molecule has 1 aromatic heterocycles. The maximum absolute atomic E-state index is 12.7. The molecule has 0 aliphatic heterocycles. The number of nitrogens with zero attached hydrogens (tertiary/aromatic N) is 1. The summed E-state index contributed by atoms with van der Waals surface area (Å²) in [5.41, 5.74) is 1.27. The highest BCUT2D eigenvalue weighted by Gasteiger charge is 2.22. The van der Waals surface area contributed by atoms with Gasteiger partial charge >= 0.3 is 0 Å². The minimum absolute atomic E-state index is 0.0710. The van der Waals surface area contributed by atoms with Crippen molar-refractivity contribution >= 4 is 27.4 Å². The number of benzene rings is 2. The number of ketones is 1. The molecule has 1 heterocycles. The zero-order chi connectivity index (χ0) is 21.0. The van der Waals surface area contributed by atoms with E-state index in [9.17, 15) is 18.0 Å². The van der Waals surface area contributed by atoms with Gasteiger partial charge in [-0.05, 0) is 55.5 Å². The van der Waals surface area contributed by atoms with E-state index in [2.05, 4.69) is 5.32 Å². The second kappa shape index (κ2) is 8.42. The Kier molecular flexibility index (Phi) is 5.95. The first-order valence-corrected chi connectivity index (χ1v) is 10.2. The minimum Gasteiger partial charge on any atom is -0.468 e. The zero-order valence-corrected chi connectivity index (χ0v) is 16.8. The molecule has 8 heteroatoms. The van der Waals surface area contributed by atoms with Gasteiger partial charge in [0.25, 0.3) is 5.91 Å². The van der Waals surface area contributed by atoms with Crippen LogP contribution in [0.5, 0.6) is 0 Å². The van der Waals surface area contributed by atoms with E-state index in [1.54, 1.807) is 36.4 Å². The molecule has 1 amide bonds. The summed E-state index contributed by atoms with van der Waals surface area (Å²) in [5, 5.41) is 2.70. The Morgan fingerprint density at radius 2 is 1.72 bits per heavy atom. The van der Waals surface area contributed by atoms with Gasteiger partial charge in [0.15, 0.2) is 5.78 Å². The average Bonchev–Trinajstić information content (AvgIpc) is 3.21. The lowest BCUT2D eigenvalue weighted by Crippen LogP contribution is -2.26. The summed E-state index contributed by atoms with van der Waals surface area (Å²) in [4.78, 5) is 24.0. The SMILES string of the molecule is CC(=O)c1cccc(NC(=O)c2ccc(S(=O)(=O)N(C)Cc3ccco3)cc2)c1. The molecule has 3 aromatic rings. The number of hydrogen-bond acceptors (Lipinski definition) is 5. The van der Waals surface area contributed by atoms with Crippen LogP contribution in [-0.2, 0) is 16.6 Å². The van der Waals surface area contributed by atoms with Crippen molar-refractivity contribution in [2.75, 3.05) is 12.4 Å². The van der Waals surface area contributed by atoms with Gasteiger partial charge in [0.1, 0.15) is 5.76 Å². The van der Waals surface area contributed by atoms with E-state index >= 15 is 0 Å². The van der Waals surface area contributed by atoms with Crippen molar-refractivity contribution < 1.29 is 22.4 Å². The van der Waals surface area contributed by atoms with Crippen LogP contribution in [0.4, 0.5) is 5.69 Å². The van der Waals surface area contributed by atoms with Gasteiger partial charge in [-0.2, -0.15) is 4.31 Å². The third-order valence-electron chi connectivity index (χ3n) is 4.31. The van der Waals surface area contributed by atoms with Gasteiger partial charge in [0, 0.05) is 23.9 Å². The average molecular weight is 412 g/mol. The summed E-state index contributed by atoms with van der Waals surface area (Å²) in [7, 11) is -2.27. The maximum atomic E-state index is 12.7. The Bertz CT molecular complexity index is 1120. The minimum atomic E-state index is -3.73. The number of sulfonamides is 1. The van der Waals surface area contributed by atoms with Gasteiger partial charge in [0.2, 0.25) is 10.0 Å². The molecule has 2 aromatic carbocycles. The van der Waals surface area contributed by atoms with Crippen LogP contribution in [-0.4, -0.2) is 31.5 Å². The molecule has 0 aliphatic rings. The standard InChI is InChI=1S/C21H20N2O5S/c1-15(24)17-5-3-6-18(13-17)22-21(25)16-8-10-20(11-9-16)29(26,27)23(2)14-19-7-4-12-28-19/h3-13H,14H2,1-2H3,(H,22,25). The number of nitrogens with one attached hydrogen (secondary N) is 1. The highest BCUT2D eigenvalue weighted by Crippen LogP contribution is 2.19. The van der Waals surface area contributed by atoms with Gasteiger partial charge in [-0.15, -0.1) is 0 Å². The van der Waals surface area contributed by atoms with Gasteiger partial charge in [-0.1, -0.05) is 12.1 Å². The molecule has 0 saturated carbocycles. The van der Waals surface area contributed by atoms with E-state index in [-0.39, 0.29) is 17.2 Å². The highest BCUT2D eigenvalue weighted by atomic mass is 32.2. The van der Waals surface area contributed by atoms with E-state index in [0.717, 1.165) is 0 Å². The summed E-state index contributed by atoms with van der Waals surface area (Å²) in [6.07, 6.45) is 1.48. The van der Waals surface area contributed by atoms with E-state index in [4.69, 9.17) is 4.42 Å². The van der Waals surface area contributed by atoms with E-state index in [1.807, 2.05) is 0 Å². The Labute approximate surface area is 169 Å². The molecule has 0 spiro atoms. The van der Waals surface area contributed by atoms with Crippen molar-refractivity contribution in [3.8, 4) is 0 Å². The quantitative estimate of drug-likeness (QED) is 0.599. The molecule has 0 fully saturated rings. The Balaban J connectivity index is 1.73. The Morgan fingerprint density at radius 1 is 1.00 bits per heavy atom. The highest BCUT2D eigenvalue weighted by molar-refractivity contribution is 7.89. The first-order valence-electron chi connectivity index (χ1n) is 8.78. The number of carbonyl (C=O) groups is 2. The monoisotopic (exact) mass is 412 g/mol. The number of anilines is 1. The van der Waals surface area contributed by atoms with Gasteiger partial charge < -0.3 is 9.73 Å². The number of furan rings is 1. The second-order valence-corrected chi connectivity index (χ2v) is 8.50. The fourth-order valence-corrected chi connectivity index (χ4v) is 3.82. The molecule has 0 atom stereocenters. The van der Waals surface area contributed by atoms with Crippen molar-refractivity contribution in [1.29, 1.82) is 0 Å². The van der Waals surface area contributed by atoms with Crippen LogP contribution in [0, 0.1) is 0 Å². The predicted molar refractivity (Wildman–Crippen MR) is 108 cm³/mol. The molecule has 150 valence electrons. The van der Waals surface area contributed by atoms with Gasteiger partial charge in [0.05, 0.1) is 17.7 Å². The molecule has 3 rings (SSSR count). The number of rotatable bonds is 7. The van der Waals surface area contributed by atoms with Crippen LogP contribution in [0.3, 0.4) is 0 Å². The molecular formula is C21H20N2O5S. The first-order chi connectivity index (χ1) is 13.8. The molecular weight excluding hydrogens is 392 g/mol. The smallest absolute Gasteiger partial charge is 0.255 e. The van der Waals surface area contributed by atoms with Crippen LogP contribution in [0.15, 0.2) is 76.2 Å². The summed E-state index contributed by atoms with van der Waals surface area (Å²) in [5.74, 6) is 0.0211. The van der Waals surface area contributed by atoms with Crippen molar-refractivity contribution in [2.24, 2.45) is 0 Å². The van der Waals surface area contributed by atoms with Gasteiger partial charge in [-0.3, -0.25) is 9.59 Å². The number of hydrogen-bond donors (Lipinski definition) is 1. The molecule has 0 bridgehead atoms. The fourth-order valence-electron chi connectivity index (χ4n) is 2.68. The summed E-state index contributed by atoms with van der Waals surface area (Å²) in [6.45, 7) is 1.55. The molecule has 1 N–H and O–H groups in total. The van der Waals surface area contributed by atoms with Crippen LogP contribution < -0.4 is 5.32 Å². The topological polar surface area (TPSA) is 96.7 Å². The number of carbonyl (C=O) groups excluding carboxylic acids is 2. The second-order valence-electron chi connectivity index (χ2n) is 6.46. The zero-order valence-electron chi connectivity index (χ0n) is 16.0. The van der Waals surface area contributed by atoms with Gasteiger partial charge in [-0.25, -0.2) is 8.42 Å². The maximum Gasteiger partial charge on any atom is 0.255 e. The third-order valence-corrected chi connectivity index (χ3v) is 6.13. The summed E-state index contributed by atoms with van der Waals surface area (Å²) >= 11 is 0. The Hall–Kier alpha value is -3.23. The van der Waals surface area contributed by atoms with Crippen molar-refractivity contribution in [1.82, 2.24) is 4.31 Å². The van der Waals surface area contributed by atoms with Crippen LogP contribution in [0.1, 0.15) is 33.4 Å². The molecule has 0 aliphatic carbocycles. The molecule has 7 nitrogen and oxygen atoms in total. The number of Topliss-reactive ketones (excluding diaryl/α,β-unsaturated/α-hetero) is 1. The van der Waals surface area contributed by atoms with Crippen molar-refractivity contribution in [3.05, 3.63) is 83.8 Å². The van der Waals surface area contributed by atoms with Crippen molar-refractivity contribution in [2.45, 2.75) is 18.4 Å². The largest absolute Gasteiger partial charge is 0.468 e. The first kappa shape index (κ1) is 20.5. The van der Waals surface area contributed by atoms with Crippen LogP contribution in [0.2, 0.25) is 0 Å². The molecule has 29 heavy (non-hydrogen) atoms. The lowest BCUT2D eigenvalue weighted by molar-refractivity contribution is 0.101. The lowest BCUT2D eigenvalue weighted by Gasteiger charge is -2.16. The van der Waals surface area contributed by atoms with Crippen LogP contribution >= 0.6 is 0 Å². The molecule has 0 saturated heterocycles. The summed E-state index contributed by atoms with van der Waals surface area (Å²) < 4.78 is 31.7. The van der Waals surface area contributed by atoms with E-state index in [0.29, 0.717) is 22.6 Å². The molecule has 0 unspecified atom stereocenters. The van der Waals surface area contributed by atoms with Crippen LogP contribution in [0.25, 0.3) is 0 Å². The van der Waals surface area contributed by atoms with E-state index < -0.39 is 15.9 Å². The normalized spacial score (nSPS) is 11.4. The number of amides is 1. The van der Waals surface area contributed by atoms with Crippen molar-refractivity contribution in [3.63, 3.8) is 0 Å². The Morgan fingerprint density at radius 3 is 2.34 bits per heavy atom. The third kappa shape index (κ3) is 4.79. The van der Waals surface area contributed by atoms with E-state index in [1.165, 1.54) is 48.8 Å². The lowest BCUT2D eigenvalue weighted by atomic mass is 10.1. The fraction of sp³-hybridized carbons (Fsp3) is 0.143. The molecule has 0 radical (unpaired) electrons. The predicted octanol–water partition coefficient (Wildman–Crippen LogP) is 3.56. The summed E-state index contributed by atoms with van der Waals surface area (Å²) in [6, 6.07) is 15.6.